The van der Waals surface area contributed by atoms with Gasteiger partial charge in [-0.2, -0.15) is 0 Å². The van der Waals surface area contributed by atoms with Gasteiger partial charge in [-0.1, -0.05) is 6.58 Å². The topological polar surface area (TPSA) is 63.6 Å². The van der Waals surface area contributed by atoms with E-state index in [0.29, 0.717) is 5.57 Å². The number of hydrogen-bond donors (Lipinski definition) is 1. The SMILES string of the molecule is C=C1C2(CC2)C1(C(=O)O)C(=O)OC(C)(C)C. The lowest BCUT2D eigenvalue weighted by Crippen LogP contribution is -2.36. The van der Waals surface area contributed by atoms with E-state index < -0.39 is 28.4 Å². The van der Waals surface area contributed by atoms with Gasteiger partial charge in [-0.15, -0.1) is 0 Å². The van der Waals surface area contributed by atoms with E-state index in [0.717, 1.165) is 12.8 Å². The molecule has 0 aromatic rings. The highest BCUT2D eigenvalue weighted by Gasteiger charge is 2.86. The number of aliphatic carboxylic acids is 1. The van der Waals surface area contributed by atoms with Gasteiger partial charge in [0.2, 0.25) is 0 Å². The average molecular weight is 224 g/mol. The predicted molar refractivity (Wildman–Crippen MR) is 56.7 cm³/mol. The Hall–Kier alpha value is -1.32. The minimum atomic E-state index is -1.46. The minimum absolute atomic E-state index is 0.485. The van der Waals surface area contributed by atoms with Crippen molar-refractivity contribution in [2.24, 2.45) is 10.8 Å². The van der Waals surface area contributed by atoms with E-state index in [1.54, 1.807) is 20.8 Å². The Balaban J connectivity index is 2.28. The summed E-state index contributed by atoms with van der Waals surface area (Å²) in [6.45, 7) is 8.91. The molecule has 88 valence electrons. The molecule has 2 fully saturated rings. The summed E-state index contributed by atoms with van der Waals surface area (Å²) in [6, 6.07) is 0. The molecule has 1 unspecified atom stereocenters. The molecule has 1 spiro atoms. The summed E-state index contributed by atoms with van der Waals surface area (Å²) in [7, 11) is 0. The Morgan fingerprint density at radius 3 is 2.12 bits per heavy atom. The first kappa shape index (κ1) is 11.2. The molecule has 1 atom stereocenters. The Morgan fingerprint density at radius 1 is 1.38 bits per heavy atom. The van der Waals surface area contributed by atoms with Crippen LogP contribution in [0.1, 0.15) is 33.6 Å². The maximum absolute atomic E-state index is 12.0. The summed E-state index contributed by atoms with van der Waals surface area (Å²) < 4.78 is 5.19. The summed E-state index contributed by atoms with van der Waals surface area (Å²) in [5.41, 5.74) is -2.10. The van der Waals surface area contributed by atoms with Gasteiger partial charge in [0.25, 0.3) is 0 Å². The number of carboxylic acid groups (broad SMARTS) is 1. The first-order valence-corrected chi connectivity index (χ1v) is 5.35. The summed E-state index contributed by atoms with van der Waals surface area (Å²) in [6.07, 6.45) is 1.47. The predicted octanol–water partition coefficient (Wildman–Crippen LogP) is 1.75. The third-order valence-corrected chi connectivity index (χ3v) is 3.46. The first-order chi connectivity index (χ1) is 7.18. The van der Waals surface area contributed by atoms with E-state index in [9.17, 15) is 14.7 Å². The maximum atomic E-state index is 12.0. The van der Waals surface area contributed by atoms with Crippen LogP contribution in [0, 0.1) is 10.8 Å². The highest BCUT2D eigenvalue weighted by Crippen LogP contribution is 2.82. The van der Waals surface area contributed by atoms with Crippen molar-refractivity contribution in [2.75, 3.05) is 0 Å². The van der Waals surface area contributed by atoms with Crippen LogP contribution in [0.4, 0.5) is 0 Å². The molecule has 0 aliphatic heterocycles. The maximum Gasteiger partial charge on any atom is 0.329 e. The zero-order valence-electron chi connectivity index (χ0n) is 9.79. The van der Waals surface area contributed by atoms with Crippen molar-refractivity contribution in [3.8, 4) is 0 Å². The fraction of sp³-hybridized carbons (Fsp3) is 0.667. The number of hydrogen-bond acceptors (Lipinski definition) is 3. The van der Waals surface area contributed by atoms with Crippen LogP contribution in [-0.4, -0.2) is 22.6 Å². The lowest BCUT2D eigenvalue weighted by Gasteiger charge is -2.22. The second kappa shape index (κ2) is 2.67. The fourth-order valence-electron chi connectivity index (χ4n) is 2.48. The second-order valence-electron chi connectivity index (χ2n) is 5.62. The quantitative estimate of drug-likeness (QED) is 0.441. The molecule has 2 rings (SSSR count). The van der Waals surface area contributed by atoms with Crippen LogP contribution in [0.5, 0.6) is 0 Å². The normalized spacial score (nSPS) is 30.1. The lowest BCUT2D eigenvalue weighted by atomic mass is 10.0. The standard InChI is InChI=1S/C12H16O4/c1-7-11(5-6-11)12(7,8(13)14)9(15)16-10(2,3)4/h1,5-6H2,2-4H3,(H,13,14). The molecule has 4 nitrogen and oxygen atoms in total. The molecule has 2 saturated carbocycles. The van der Waals surface area contributed by atoms with Crippen molar-refractivity contribution in [3.63, 3.8) is 0 Å². The molecular formula is C12H16O4. The number of esters is 1. The molecule has 0 radical (unpaired) electrons. The van der Waals surface area contributed by atoms with Gasteiger partial charge in [0, 0.05) is 5.41 Å². The smallest absolute Gasteiger partial charge is 0.329 e. The summed E-state index contributed by atoms with van der Waals surface area (Å²) in [5.74, 6) is -1.78. The van der Waals surface area contributed by atoms with Crippen molar-refractivity contribution >= 4 is 11.9 Å². The molecule has 4 heteroatoms. The van der Waals surface area contributed by atoms with E-state index in [2.05, 4.69) is 6.58 Å². The number of carbonyl (C=O) groups excluding carboxylic acids is 1. The average Bonchev–Trinajstić information content (AvgIpc) is 2.90. The van der Waals surface area contributed by atoms with E-state index in [1.807, 2.05) is 0 Å². The molecule has 0 bridgehead atoms. The van der Waals surface area contributed by atoms with Gasteiger partial charge in [0.15, 0.2) is 5.41 Å². The van der Waals surface area contributed by atoms with Crippen LogP contribution >= 0.6 is 0 Å². The number of rotatable bonds is 2. The minimum Gasteiger partial charge on any atom is -0.480 e. The molecular weight excluding hydrogens is 208 g/mol. The Labute approximate surface area is 94.3 Å². The van der Waals surface area contributed by atoms with Crippen LogP contribution in [0.15, 0.2) is 12.2 Å². The fourth-order valence-corrected chi connectivity index (χ4v) is 2.48. The molecule has 0 amide bonds. The van der Waals surface area contributed by atoms with E-state index in [-0.39, 0.29) is 0 Å². The number of ether oxygens (including phenoxy) is 1. The van der Waals surface area contributed by atoms with Gasteiger partial charge >= 0.3 is 11.9 Å². The Bertz CT molecular complexity index is 398. The van der Waals surface area contributed by atoms with E-state index >= 15 is 0 Å². The molecule has 0 aromatic carbocycles. The highest BCUT2D eigenvalue weighted by atomic mass is 16.6. The first-order valence-electron chi connectivity index (χ1n) is 5.35. The van der Waals surface area contributed by atoms with Crippen molar-refractivity contribution in [2.45, 2.75) is 39.2 Å². The van der Waals surface area contributed by atoms with Crippen LogP contribution < -0.4 is 0 Å². The highest BCUT2D eigenvalue weighted by molar-refractivity contribution is 6.11. The summed E-state index contributed by atoms with van der Waals surface area (Å²) >= 11 is 0. The monoisotopic (exact) mass is 224 g/mol. The zero-order valence-corrected chi connectivity index (χ0v) is 9.79. The van der Waals surface area contributed by atoms with Crippen molar-refractivity contribution in [1.82, 2.24) is 0 Å². The molecule has 2 aliphatic rings. The van der Waals surface area contributed by atoms with Crippen LogP contribution in [0.25, 0.3) is 0 Å². The molecule has 0 heterocycles. The van der Waals surface area contributed by atoms with Gasteiger partial charge in [-0.25, -0.2) is 0 Å². The molecule has 16 heavy (non-hydrogen) atoms. The van der Waals surface area contributed by atoms with Crippen molar-refractivity contribution in [1.29, 1.82) is 0 Å². The van der Waals surface area contributed by atoms with Crippen LogP contribution in [-0.2, 0) is 14.3 Å². The second-order valence-corrected chi connectivity index (χ2v) is 5.62. The van der Waals surface area contributed by atoms with Gasteiger partial charge in [-0.05, 0) is 39.2 Å². The van der Waals surface area contributed by atoms with Crippen LogP contribution in [0.2, 0.25) is 0 Å². The zero-order chi connectivity index (χ0) is 12.4. The molecule has 1 N–H and O–H groups in total. The molecule has 0 saturated heterocycles. The largest absolute Gasteiger partial charge is 0.480 e. The van der Waals surface area contributed by atoms with Crippen molar-refractivity contribution < 1.29 is 19.4 Å². The van der Waals surface area contributed by atoms with Gasteiger partial charge in [0.05, 0.1) is 0 Å². The lowest BCUT2D eigenvalue weighted by molar-refractivity contribution is -0.169. The van der Waals surface area contributed by atoms with Gasteiger partial charge in [-0.3, -0.25) is 9.59 Å². The van der Waals surface area contributed by atoms with Gasteiger partial charge < -0.3 is 9.84 Å². The van der Waals surface area contributed by atoms with Crippen LogP contribution in [0.3, 0.4) is 0 Å². The van der Waals surface area contributed by atoms with E-state index in [4.69, 9.17) is 4.74 Å². The van der Waals surface area contributed by atoms with Crippen molar-refractivity contribution in [3.05, 3.63) is 12.2 Å². The van der Waals surface area contributed by atoms with Gasteiger partial charge in [0.1, 0.15) is 5.60 Å². The molecule has 0 aromatic heterocycles. The number of carbonyl (C=O) groups is 2. The Morgan fingerprint density at radius 2 is 1.88 bits per heavy atom. The van der Waals surface area contributed by atoms with E-state index in [1.165, 1.54) is 0 Å². The molecule has 2 aliphatic carbocycles. The summed E-state index contributed by atoms with van der Waals surface area (Å²) in [4.78, 5) is 23.3. The Kier molecular flexibility index (Phi) is 1.87. The third kappa shape index (κ3) is 1.10. The summed E-state index contributed by atoms with van der Waals surface area (Å²) in [5, 5.41) is 9.26. The third-order valence-electron chi connectivity index (χ3n) is 3.46. The number of carboxylic acids is 1.